The minimum Gasteiger partial charge on any atom is -0.464 e. The molecule has 1 aliphatic rings. The van der Waals surface area contributed by atoms with E-state index in [2.05, 4.69) is 25.1 Å². The Morgan fingerprint density at radius 2 is 2.03 bits per heavy atom. The van der Waals surface area contributed by atoms with Gasteiger partial charge < -0.3 is 9.52 Å². The summed E-state index contributed by atoms with van der Waals surface area (Å²) < 4.78 is 46.9. The summed E-state index contributed by atoms with van der Waals surface area (Å²) in [6, 6.07) is 3.56. The molecule has 0 atom stereocenters. The lowest BCUT2D eigenvalue weighted by Gasteiger charge is -2.23. The summed E-state index contributed by atoms with van der Waals surface area (Å²) in [6.07, 6.45) is 2.77. The Morgan fingerprint density at radius 3 is 2.63 bits per heavy atom. The molecule has 0 saturated heterocycles. The average Bonchev–Trinajstić information content (AvgIpc) is 3.51. The predicted octanol–water partition coefficient (Wildman–Crippen LogP) is 4.56. The average molecular weight is 525 g/mol. The second-order valence-electron chi connectivity index (χ2n) is 8.32. The van der Waals surface area contributed by atoms with Gasteiger partial charge in [0.05, 0.1) is 18.0 Å². The largest absolute Gasteiger partial charge is 0.464 e. The van der Waals surface area contributed by atoms with E-state index in [1.807, 2.05) is 0 Å². The van der Waals surface area contributed by atoms with Gasteiger partial charge in [-0.15, -0.1) is 0 Å². The summed E-state index contributed by atoms with van der Waals surface area (Å²) in [5.41, 5.74) is 2.49. The van der Waals surface area contributed by atoms with E-state index in [9.17, 15) is 18.3 Å². The summed E-state index contributed by atoms with van der Waals surface area (Å²) in [5, 5.41) is 10.4. The number of carboxylic acid groups (broad SMARTS) is 1. The molecular formula is C21H22ClFN6O5S. The first-order chi connectivity index (χ1) is 16.4. The zero-order valence-electron chi connectivity index (χ0n) is 18.9. The number of rotatable bonds is 8. The Kier molecular flexibility index (Phi) is 6.56. The zero-order valence-corrected chi connectivity index (χ0v) is 20.5. The van der Waals surface area contributed by atoms with Crippen LogP contribution in [0.15, 0.2) is 28.8 Å². The number of hydrazine groups is 1. The molecule has 0 aliphatic heterocycles. The normalized spacial score (nSPS) is 13.7. The summed E-state index contributed by atoms with van der Waals surface area (Å²) >= 11 is 6.17. The quantitative estimate of drug-likeness (QED) is 0.360. The minimum atomic E-state index is -3.78. The van der Waals surface area contributed by atoms with Gasteiger partial charge in [-0.05, 0) is 44.9 Å². The van der Waals surface area contributed by atoms with Gasteiger partial charge in [-0.25, -0.2) is 37.6 Å². The van der Waals surface area contributed by atoms with Crippen molar-refractivity contribution in [3.63, 3.8) is 0 Å². The number of aromatic nitrogens is 3. The van der Waals surface area contributed by atoms with Crippen LogP contribution < -0.4 is 10.1 Å². The smallest absolute Gasteiger partial charge is 0.426 e. The molecule has 1 saturated carbocycles. The van der Waals surface area contributed by atoms with E-state index in [4.69, 9.17) is 16.0 Å². The van der Waals surface area contributed by atoms with Crippen molar-refractivity contribution < 1.29 is 27.1 Å². The molecule has 1 fully saturated rings. The lowest BCUT2D eigenvalue weighted by molar-refractivity contribution is 0.144. The molecule has 0 spiro atoms. The molecule has 3 N–H and O–H groups in total. The predicted molar refractivity (Wildman–Crippen MR) is 127 cm³/mol. The zero-order chi connectivity index (χ0) is 25.5. The fourth-order valence-corrected chi connectivity index (χ4v) is 4.04. The molecular weight excluding hydrogens is 503 g/mol. The Morgan fingerprint density at radius 1 is 1.31 bits per heavy atom. The van der Waals surface area contributed by atoms with Gasteiger partial charge in [0.25, 0.3) is 0 Å². The Balaban J connectivity index is 1.82. The van der Waals surface area contributed by atoms with Crippen LogP contribution in [0.5, 0.6) is 0 Å². The third-order valence-corrected chi connectivity index (χ3v) is 5.80. The third kappa shape index (κ3) is 5.62. The van der Waals surface area contributed by atoms with Gasteiger partial charge in [-0.3, -0.25) is 10.1 Å². The molecule has 1 amide bonds. The molecule has 0 bridgehead atoms. The molecule has 35 heavy (non-hydrogen) atoms. The van der Waals surface area contributed by atoms with E-state index in [-0.39, 0.29) is 45.3 Å². The van der Waals surface area contributed by atoms with Crippen molar-refractivity contribution >= 4 is 39.4 Å². The van der Waals surface area contributed by atoms with E-state index in [1.54, 1.807) is 13.8 Å². The van der Waals surface area contributed by atoms with Crippen LogP contribution in [0.25, 0.3) is 22.7 Å². The highest BCUT2D eigenvalue weighted by Gasteiger charge is 2.32. The van der Waals surface area contributed by atoms with Crippen molar-refractivity contribution in [1.29, 1.82) is 0 Å². The van der Waals surface area contributed by atoms with Crippen LogP contribution in [-0.4, -0.2) is 51.9 Å². The molecule has 2 aromatic heterocycles. The standard InChI is InChI=1S/C21H22ClFN6O5S/c1-10(2)29(21(30)31)27-20-24-7-6-14(25-20)18-17(26-19(34-18)11-4-5-11)13-8-12(22)9-15(16(13)23)28-35(3,32)33/h6-11,28H,4-5H2,1-3H3,(H,30,31)(H,24,25,27). The van der Waals surface area contributed by atoms with E-state index in [0.717, 1.165) is 30.2 Å². The highest BCUT2D eigenvalue weighted by molar-refractivity contribution is 7.92. The van der Waals surface area contributed by atoms with Crippen LogP contribution in [0.3, 0.4) is 0 Å². The van der Waals surface area contributed by atoms with Crippen LogP contribution in [0, 0.1) is 5.82 Å². The number of carbonyl (C=O) groups is 1. The molecule has 3 aromatic rings. The molecule has 0 unspecified atom stereocenters. The Bertz CT molecular complexity index is 1390. The molecule has 2 heterocycles. The first-order valence-corrected chi connectivity index (χ1v) is 12.8. The van der Waals surface area contributed by atoms with Crippen molar-refractivity contribution in [3.8, 4) is 22.7 Å². The number of nitrogens with one attached hydrogen (secondary N) is 2. The molecule has 0 radical (unpaired) electrons. The van der Waals surface area contributed by atoms with Gasteiger partial charge in [-0.1, -0.05) is 11.6 Å². The number of oxazole rings is 1. The number of halogens is 2. The monoisotopic (exact) mass is 524 g/mol. The van der Waals surface area contributed by atoms with Crippen LogP contribution in [0.2, 0.25) is 5.02 Å². The van der Waals surface area contributed by atoms with Gasteiger partial charge in [0, 0.05) is 22.7 Å². The molecule has 186 valence electrons. The number of anilines is 2. The van der Waals surface area contributed by atoms with Gasteiger partial charge in [0.15, 0.2) is 17.5 Å². The second kappa shape index (κ2) is 9.30. The van der Waals surface area contributed by atoms with E-state index in [1.165, 1.54) is 18.3 Å². The molecule has 14 heteroatoms. The molecule has 1 aromatic carbocycles. The first kappa shape index (κ1) is 24.7. The number of nitrogens with zero attached hydrogens (tertiary/aromatic N) is 4. The summed E-state index contributed by atoms with van der Waals surface area (Å²) in [4.78, 5) is 24.4. The van der Waals surface area contributed by atoms with E-state index < -0.39 is 28.0 Å². The van der Waals surface area contributed by atoms with Crippen molar-refractivity contribution in [2.75, 3.05) is 16.4 Å². The van der Waals surface area contributed by atoms with Crippen LogP contribution in [0.4, 0.5) is 20.8 Å². The molecule has 4 rings (SSSR count). The number of hydrogen-bond donors (Lipinski definition) is 3. The van der Waals surface area contributed by atoms with Gasteiger partial charge in [-0.2, -0.15) is 0 Å². The first-order valence-electron chi connectivity index (χ1n) is 10.5. The van der Waals surface area contributed by atoms with Crippen LogP contribution in [-0.2, 0) is 10.0 Å². The topological polar surface area (TPSA) is 151 Å². The number of amides is 1. The van der Waals surface area contributed by atoms with Crippen molar-refractivity contribution in [2.45, 2.75) is 38.6 Å². The van der Waals surface area contributed by atoms with Crippen molar-refractivity contribution in [3.05, 3.63) is 41.1 Å². The van der Waals surface area contributed by atoms with Crippen LogP contribution >= 0.6 is 11.6 Å². The number of sulfonamides is 1. The Labute approximate surface area is 205 Å². The van der Waals surface area contributed by atoms with Crippen molar-refractivity contribution in [1.82, 2.24) is 20.0 Å². The van der Waals surface area contributed by atoms with Gasteiger partial charge in [0.1, 0.15) is 11.4 Å². The van der Waals surface area contributed by atoms with Gasteiger partial charge >= 0.3 is 6.09 Å². The molecule has 1 aliphatic carbocycles. The lowest BCUT2D eigenvalue weighted by atomic mass is 10.1. The van der Waals surface area contributed by atoms with E-state index >= 15 is 4.39 Å². The highest BCUT2D eigenvalue weighted by Crippen LogP contribution is 2.44. The minimum absolute atomic E-state index is 0.0279. The van der Waals surface area contributed by atoms with Crippen LogP contribution in [0.1, 0.15) is 38.5 Å². The lowest BCUT2D eigenvalue weighted by Crippen LogP contribution is -2.41. The maximum absolute atomic E-state index is 15.4. The maximum Gasteiger partial charge on any atom is 0.426 e. The second-order valence-corrected chi connectivity index (χ2v) is 10.5. The number of hydrogen-bond acceptors (Lipinski definition) is 8. The van der Waals surface area contributed by atoms with E-state index in [0.29, 0.717) is 5.89 Å². The SMILES string of the molecule is CC(C)N(Nc1nccc(-c2oc(C3CC3)nc2-c2cc(Cl)cc(NS(C)(=O)=O)c2F)n1)C(=O)O. The highest BCUT2D eigenvalue weighted by atomic mass is 35.5. The summed E-state index contributed by atoms with van der Waals surface area (Å²) in [5.74, 6) is -0.355. The summed E-state index contributed by atoms with van der Waals surface area (Å²) in [6.45, 7) is 3.34. The molecule has 11 nitrogen and oxygen atoms in total. The van der Waals surface area contributed by atoms with Crippen molar-refractivity contribution in [2.24, 2.45) is 0 Å². The fourth-order valence-electron chi connectivity index (χ4n) is 3.28. The van der Waals surface area contributed by atoms with Gasteiger partial charge in [0.2, 0.25) is 16.0 Å². The third-order valence-electron chi connectivity index (χ3n) is 4.99. The fraction of sp³-hybridized carbons (Fsp3) is 0.333. The summed E-state index contributed by atoms with van der Waals surface area (Å²) in [7, 11) is -3.78. The Hall–Kier alpha value is -3.45. The maximum atomic E-state index is 15.4. The number of benzene rings is 1.